The predicted molar refractivity (Wildman–Crippen MR) is 84.9 cm³/mol. The van der Waals surface area contributed by atoms with Gasteiger partial charge in [0.05, 0.1) is 6.61 Å². The van der Waals surface area contributed by atoms with Crippen LogP contribution in [-0.2, 0) is 11.3 Å². The van der Waals surface area contributed by atoms with Crippen molar-refractivity contribution in [1.82, 2.24) is 19.2 Å². The molecule has 8 nitrogen and oxygen atoms in total. The zero-order chi connectivity index (χ0) is 17.1. The number of pyridine rings is 1. The number of nitrogens with zero attached hydrogens (tertiary/aromatic N) is 4. The number of carbonyl (C=O) groups excluding carboxylic acids is 1. The average molecular weight is 330 g/mol. The third kappa shape index (κ3) is 3.08. The molecule has 24 heavy (non-hydrogen) atoms. The average Bonchev–Trinajstić information content (AvgIpc) is 3.17. The molecule has 0 atom stereocenters. The van der Waals surface area contributed by atoms with Crippen LogP contribution < -0.4 is 5.69 Å². The number of oxazole rings is 1. The van der Waals surface area contributed by atoms with E-state index < -0.39 is 5.97 Å². The Morgan fingerprint density at radius 3 is 2.96 bits per heavy atom. The van der Waals surface area contributed by atoms with E-state index in [2.05, 4.69) is 10.1 Å². The Kier molecular flexibility index (Phi) is 4.45. The molecule has 0 radical (unpaired) electrons. The molecule has 0 aliphatic carbocycles. The van der Waals surface area contributed by atoms with Gasteiger partial charge in [0.1, 0.15) is 5.76 Å². The number of rotatable bonds is 6. The number of hydrogen-bond donors (Lipinski definition) is 0. The quantitative estimate of drug-likeness (QED) is 0.506. The Hall–Kier alpha value is -2.90. The summed E-state index contributed by atoms with van der Waals surface area (Å²) in [4.78, 5) is 28.0. The molecule has 0 saturated heterocycles. The van der Waals surface area contributed by atoms with Gasteiger partial charge in [0.2, 0.25) is 0 Å². The highest BCUT2D eigenvalue weighted by Gasteiger charge is 2.20. The molecule has 0 spiro atoms. The number of aryl methyl sites for hydroxylation is 1. The van der Waals surface area contributed by atoms with Gasteiger partial charge in [0.25, 0.3) is 0 Å². The predicted octanol–water partition coefficient (Wildman–Crippen LogP) is 1.85. The largest absolute Gasteiger partial charge is 0.461 e. The molecule has 8 heteroatoms. The lowest BCUT2D eigenvalue weighted by Crippen LogP contribution is -2.22. The fraction of sp³-hybridized carbons (Fsp3) is 0.375. The molecule has 126 valence electrons. The number of hydrogen-bond acceptors (Lipinski definition) is 6. The number of fused-ring (bicyclic) bond motifs is 1. The lowest BCUT2D eigenvalue weighted by atomic mass is 10.1. The van der Waals surface area contributed by atoms with E-state index in [0.29, 0.717) is 24.4 Å². The minimum absolute atomic E-state index is 0.0478. The van der Waals surface area contributed by atoms with Crippen molar-refractivity contribution in [3.05, 3.63) is 52.7 Å². The van der Waals surface area contributed by atoms with Gasteiger partial charge < -0.3 is 9.15 Å². The van der Waals surface area contributed by atoms with Crippen LogP contribution in [0.15, 0.2) is 40.0 Å². The van der Waals surface area contributed by atoms with Gasteiger partial charge in [-0.15, -0.1) is 5.10 Å². The van der Waals surface area contributed by atoms with Crippen molar-refractivity contribution >= 4 is 11.6 Å². The molecule has 0 fully saturated rings. The van der Waals surface area contributed by atoms with Gasteiger partial charge in [-0.2, -0.15) is 0 Å². The summed E-state index contributed by atoms with van der Waals surface area (Å²) >= 11 is 0. The van der Waals surface area contributed by atoms with Crippen LogP contribution in [0.2, 0.25) is 0 Å². The molecular weight excluding hydrogens is 312 g/mol. The number of ether oxygens (including phenoxy) is 1. The van der Waals surface area contributed by atoms with Crippen LogP contribution in [0.1, 0.15) is 42.4 Å². The maximum atomic E-state index is 12.1. The van der Waals surface area contributed by atoms with E-state index in [1.165, 1.54) is 15.5 Å². The third-order valence-corrected chi connectivity index (χ3v) is 3.55. The second kappa shape index (κ2) is 6.69. The molecule has 0 aliphatic heterocycles. The Labute approximate surface area is 137 Å². The summed E-state index contributed by atoms with van der Waals surface area (Å²) in [6, 6.07) is 5.35. The van der Waals surface area contributed by atoms with E-state index in [-0.39, 0.29) is 23.9 Å². The molecule has 3 rings (SSSR count). The highest BCUT2D eigenvalue weighted by Crippen LogP contribution is 2.18. The zero-order valence-corrected chi connectivity index (χ0v) is 13.5. The molecule has 0 aromatic carbocycles. The van der Waals surface area contributed by atoms with E-state index in [1.807, 2.05) is 19.9 Å². The van der Waals surface area contributed by atoms with Crippen LogP contribution in [0, 0.1) is 0 Å². The molecule has 0 bridgehead atoms. The van der Waals surface area contributed by atoms with Gasteiger partial charge in [0, 0.05) is 25.1 Å². The van der Waals surface area contributed by atoms with Crippen molar-refractivity contribution in [2.75, 3.05) is 6.61 Å². The van der Waals surface area contributed by atoms with E-state index >= 15 is 0 Å². The first kappa shape index (κ1) is 16.0. The molecule has 3 aromatic rings. The summed E-state index contributed by atoms with van der Waals surface area (Å²) in [5.74, 6) is 0.0398. The molecule has 3 aromatic heterocycles. The van der Waals surface area contributed by atoms with Gasteiger partial charge in [-0.25, -0.2) is 19.3 Å². The minimum atomic E-state index is -0.519. The third-order valence-electron chi connectivity index (χ3n) is 3.55. The molecule has 0 amide bonds. The van der Waals surface area contributed by atoms with Crippen LogP contribution in [-0.4, -0.2) is 31.7 Å². The maximum Gasteiger partial charge on any atom is 0.360 e. The Morgan fingerprint density at radius 2 is 2.21 bits per heavy atom. The summed E-state index contributed by atoms with van der Waals surface area (Å²) in [7, 11) is 0. The Balaban J connectivity index is 1.57. The second-order valence-corrected chi connectivity index (χ2v) is 5.64. The summed E-state index contributed by atoms with van der Waals surface area (Å²) in [5, 5.41) is 4.22. The highest BCUT2D eigenvalue weighted by atomic mass is 16.5. The van der Waals surface area contributed by atoms with E-state index in [4.69, 9.17) is 9.15 Å². The maximum absolute atomic E-state index is 12.1. The number of aromatic nitrogens is 4. The monoisotopic (exact) mass is 330 g/mol. The van der Waals surface area contributed by atoms with Gasteiger partial charge in [-0.05, 0) is 12.1 Å². The summed E-state index contributed by atoms with van der Waals surface area (Å²) in [5.41, 5.74) is 0.578. The molecule has 0 saturated carbocycles. The molecule has 0 unspecified atom stereocenters. The first-order valence-electron chi connectivity index (χ1n) is 7.72. The normalized spacial score (nSPS) is 11.3. The first-order valence-corrected chi connectivity index (χ1v) is 7.72. The summed E-state index contributed by atoms with van der Waals surface area (Å²) in [6.07, 6.45) is 3.38. The zero-order valence-electron chi connectivity index (χ0n) is 13.5. The standard InChI is InChI=1S/C16H18N4O4/c1-11(2)14-13(17-10-24-14)15(21)23-9-5-8-20-16(22)19-7-4-3-6-12(19)18-20/h3-4,6-7,10-11H,5,8-9H2,1-2H3. The molecule has 0 N–H and O–H groups in total. The van der Waals surface area contributed by atoms with Gasteiger partial charge >= 0.3 is 11.7 Å². The SMILES string of the molecule is CC(C)c1ocnc1C(=O)OCCCn1nc2ccccn2c1=O. The van der Waals surface area contributed by atoms with E-state index in [0.717, 1.165) is 0 Å². The van der Waals surface area contributed by atoms with E-state index in [9.17, 15) is 9.59 Å². The minimum Gasteiger partial charge on any atom is -0.461 e. The van der Waals surface area contributed by atoms with Crippen molar-refractivity contribution in [3.8, 4) is 0 Å². The fourth-order valence-corrected chi connectivity index (χ4v) is 2.38. The highest BCUT2D eigenvalue weighted by molar-refractivity contribution is 5.88. The summed E-state index contributed by atoms with van der Waals surface area (Å²) in [6.45, 7) is 4.35. The van der Waals surface area contributed by atoms with Gasteiger partial charge in [0.15, 0.2) is 17.7 Å². The topological polar surface area (TPSA) is 91.6 Å². The van der Waals surface area contributed by atoms with Gasteiger partial charge in [-0.3, -0.25) is 4.40 Å². The lowest BCUT2D eigenvalue weighted by molar-refractivity contribution is 0.0485. The Bertz CT molecular complexity index is 906. The van der Waals surface area contributed by atoms with Crippen LogP contribution >= 0.6 is 0 Å². The molecule has 0 aliphatic rings. The van der Waals surface area contributed by atoms with Crippen LogP contribution in [0.4, 0.5) is 0 Å². The van der Waals surface area contributed by atoms with Crippen molar-refractivity contribution in [3.63, 3.8) is 0 Å². The second-order valence-electron chi connectivity index (χ2n) is 5.64. The van der Waals surface area contributed by atoms with Crippen molar-refractivity contribution in [1.29, 1.82) is 0 Å². The van der Waals surface area contributed by atoms with Crippen LogP contribution in [0.3, 0.4) is 0 Å². The van der Waals surface area contributed by atoms with Crippen molar-refractivity contribution < 1.29 is 13.9 Å². The summed E-state index contributed by atoms with van der Waals surface area (Å²) < 4.78 is 13.2. The first-order chi connectivity index (χ1) is 11.6. The van der Waals surface area contributed by atoms with Crippen molar-refractivity contribution in [2.45, 2.75) is 32.7 Å². The molecular formula is C16H18N4O4. The molecule has 3 heterocycles. The van der Waals surface area contributed by atoms with Crippen molar-refractivity contribution in [2.24, 2.45) is 0 Å². The van der Waals surface area contributed by atoms with E-state index in [1.54, 1.807) is 18.3 Å². The van der Waals surface area contributed by atoms with Crippen LogP contribution in [0.25, 0.3) is 5.65 Å². The number of carbonyl (C=O) groups is 1. The van der Waals surface area contributed by atoms with Crippen LogP contribution in [0.5, 0.6) is 0 Å². The lowest BCUT2D eigenvalue weighted by Gasteiger charge is -2.05. The smallest absolute Gasteiger partial charge is 0.360 e. The Morgan fingerprint density at radius 1 is 1.38 bits per heavy atom. The fourth-order valence-electron chi connectivity index (χ4n) is 2.38. The number of esters is 1. The van der Waals surface area contributed by atoms with Gasteiger partial charge in [-0.1, -0.05) is 19.9 Å².